The van der Waals surface area contributed by atoms with Gasteiger partial charge in [0.15, 0.2) is 0 Å². The third kappa shape index (κ3) is 8.27. The van der Waals surface area contributed by atoms with Gasteiger partial charge in [0.2, 0.25) is 5.91 Å². The summed E-state index contributed by atoms with van der Waals surface area (Å²) < 4.78 is 42.5. The number of rotatable bonds is 10. The monoisotopic (exact) mass is 468 g/mol. The van der Waals surface area contributed by atoms with Gasteiger partial charge in [-0.05, 0) is 11.5 Å². The van der Waals surface area contributed by atoms with E-state index in [2.05, 4.69) is 31.0 Å². The Labute approximate surface area is 192 Å². The molecule has 2 rings (SSSR count). The highest BCUT2D eigenvalue weighted by atomic mass is 19.4. The predicted molar refractivity (Wildman–Crippen MR) is 121 cm³/mol. The molecular formula is C21H30BF3N5O3. The summed E-state index contributed by atoms with van der Waals surface area (Å²) in [7, 11) is 3.15. The molecule has 0 spiro atoms. The Hall–Kier alpha value is -2.76. The molecule has 1 aliphatic heterocycles. The van der Waals surface area contributed by atoms with Crippen LogP contribution in [0.3, 0.4) is 0 Å². The van der Waals surface area contributed by atoms with Gasteiger partial charge >= 0.3 is 12.3 Å². The topological polar surface area (TPSA) is 104 Å². The van der Waals surface area contributed by atoms with Crippen LogP contribution in [-0.4, -0.2) is 70.1 Å². The Bertz CT molecular complexity index is 833. The number of alkyl carbamates (subject to hydrolysis) is 1. The minimum atomic E-state index is -4.40. The zero-order valence-electron chi connectivity index (χ0n) is 19.1. The van der Waals surface area contributed by atoms with Crippen molar-refractivity contribution < 1.29 is 27.5 Å². The number of methoxy groups -OCH3 is 1. The van der Waals surface area contributed by atoms with Gasteiger partial charge in [0, 0.05) is 6.54 Å². The lowest BCUT2D eigenvalue weighted by Gasteiger charge is -2.26. The highest BCUT2D eigenvalue weighted by Crippen LogP contribution is 2.18. The number of nitrogens with zero attached hydrogens (tertiary/aromatic N) is 1. The number of carbonyl (C=O) groups is 2. The van der Waals surface area contributed by atoms with Crippen LogP contribution < -0.4 is 26.7 Å². The lowest BCUT2D eigenvalue weighted by molar-refractivity contribution is -0.125. The minimum Gasteiger partial charge on any atom is -0.453 e. The highest BCUT2D eigenvalue weighted by Gasteiger charge is 2.32. The van der Waals surface area contributed by atoms with E-state index in [-0.39, 0.29) is 18.5 Å². The van der Waals surface area contributed by atoms with E-state index in [4.69, 9.17) is 0 Å². The number of carbonyl (C=O) groups excluding carboxylic acids is 2. The number of aliphatic imine (C=N–C) groups is 1. The summed E-state index contributed by atoms with van der Waals surface area (Å²) in [5.41, 5.74) is 2.04. The second kappa shape index (κ2) is 11.9. The molecule has 0 aliphatic carbocycles. The second-order valence-electron chi connectivity index (χ2n) is 8.04. The third-order valence-electron chi connectivity index (χ3n) is 5.17. The van der Waals surface area contributed by atoms with Gasteiger partial charge in [0.25, 0.3) is 0 Å². The normalized spacial score (nSPS) is 17.6. The third-order valence-corrected chi connectivity index (χ3v) is 5.17. The SMILES string of the molecule is C[B]c1ccc(C2CN=C([C@H](CNCC(F)(F)F)NC(=O)[C@@H](NC(=O)OC)C(C)C)N2)cc1. The molecule has 181 valence electrons. The fourth-order valence-electron chi connectivity index (χ4n) is 3.34. The van der Waals surface area contributed by atoms with Crippen LogP contribution in [0.4, 0.5) is 18.0 Å². The maximum atomic E-state index is 12.9. The van der Waals surface area contributed by atoms with Crippen LogP contribution in [0.5, 0.6) is 0 Å². The number of hydrogen-bond donors (Lipinski definition) is 4. The van der Waals surface area contributed by atoms with Gasteiger partial charge in [0.1, 0.15) is 19.2 Å². The van der Waals surface area contributed by atoms with Crippen LogP contribution in [0.2, 0.25) is 6.82 Å². The Kier molecular flexibility index (Phi) is 9.57. The standard InChI is InChI=1S/C21H30BF3N5O3/c1-12(2)17(30-20(32)33-4)19(31)29-16(9-26-11-21(23,24)25)18-27-10-15(28-18)13-5-7-14(22-3)8-6-13/h5-8,12,15-17,26H,9-11H2,1-4H3,(H,27,28)(H,29,31)(H,30,32)/t15?,16-,17-/m0/s1. The van der Waals surface area contributed by atoms with Crippen molar-refractivity contribution in [2.75, 3.05) is 26.7 Å². The van der Waals surface area contributed by atoms with Crippen molar-refractivity contribution in [3.8, 4) is 0 Å². The van der Waals surface area contributed by atoms with Gasteiger partial charge in [-0.1, -0.05) is 50.4 Å². The Morgan fingerprint density at radius 2 is 1.91 bits per heavy atom. The first-order valence-electron chi connectivity index (χ1n) is 10.7. The Morgan fingerprint density at radius 1 is 1.24 bits per heavy atom. The molecule has 33 heavy (non-hydrogen) atoms. The van der Waals surface area contributed by atoms with Gasteiger partial charge in [-0.25, -0.2) is 4.79 Å². The predicted octanol–water partition coefficient (Wildman–Crippen LogP) is 1.12. The molecule has 0 bridgehead atoms. The maximum absolute atomic E-state index is 12.9. The van der Waals surface area contributed by atoms with Crippen molar-refractivity contribution in [3.63, 3.8) is 0 Å². The number of hydrogen-bond acceptors (Lipinski definition) is 6. The summed E-state index contributed by atoms with van der Waals surface area (Å²) in [4.78, 5) is 28.9. The zero-order chi connectivity index (χ0) is 24.6. The van der Waals surface area contributed by atoms with E-state index in [0.29, 0.717) is 12.4 Å². The van der Waals surface area contributed by atoms with Crippen LogP contribution in [0.25, 0.3) is 0 Å². The molecule has 8 nitrogen and oxygen atoms in total. The van der Waals surface area contributed by atoms with Gasteiger partial charge in [-0.2, -0.15) is 13.2 Å². The molecule has 1 aromatic carbocycles. The van der Waals surface area contributed by atoms with Gasteiger partial charge in [0.05, 0.1) is 32.3 Å². The average Bonchev–Trinajstić information content (AvgIpc) is 3.25. The van der Waals surface area contributed by atoms with E-state index in [1.807, 2.05) is 38.4 Å². The first kappa shape index (κ1) is 26.5. The molecule has 0 fully saturated rings. The molecule has 4 N–H and O–H groups in total. The minimum absolute atomic E-state index is 0.165. The molecule has 1 unspecified atom stereocenters. The van der Waals surface area contributed by atoms with Crippen LogP contribution in [0.1, 0.15) is 25.5 Å². The average molecular weight is 468 g/mol. The fourth-order valence-corrected chi connectivity index (χ4v) is 3.34. The van der Waals surface area contributed by atoms with Crippen molar-refractivity contribution in [2.24, 2.45) is 10.9 Å². The number of amidine groups is 1. The molecule has 0 aromatic heterocycles. The largest absolute Gasteiger partial charge is 0.453 e. The van der Waals surface area contributed by atoms with Crippen molar-refractivity contribution >= 4 is 30.6 Å². The van der Waals surface area contributed by atoms with E-state index in [1.165, 1.54) is 7.11 Å². The molecule has 1 aliphatic rings. The zero-order valence-corrected chi connectivity index (χ0v) is 19.1. The van der Waals surface area contributed by atoms with E-state index in [1.54, 1.807) is 13.8 Å². The fraction of sp³-hybridized carbons (Fsp3) is 0.571. The summed E-state index contributed by atoms with van der Waals surface area (Å²) in [5.74, 6) is -0.465. The van der Waals surface area contributed by atoms with Crippen molar-refractivity contribution in [1.29, 1.82) is 0 Å². The van der Waals surface area contributed by atoms with E-state index < -0.39 is 36.8 Å². The summed E-state index contributed by atoms with van der Waals surface area (Å²) in [6, 6.07) is 5.89. The van der Waals surface area contributed by atoms with Gasteiger partial charge < -0.3 is 26.0 Å². The summed E-state index contributed by atoms with van der Waals surface area (Å²) in [5, 5.41) is 10.7. The lowest BCUT2D eigenvalue weighted by Crippen LogP contribution is -2.57. The summed E-state index contributed by atoms with van der Waals surface area (Å²) in [6.45, 7) is 4.37. The molecular weight excluding hydrogens is 438 g/mol. The van der Waals surface area contributed by atoms with E-state index in [0.717, 1.165) is 11.0 Å². The first-order chi connectivity index (χ1) is 15.5. The molecule has 0 saturated heterocycles. The Morgan fingerprint density at radius 3 is 2.45 bits per heavy atom. The van der Waals surface area contributed by atoms with Gasteiger partial charge in [-0.15, -0.1) is 0 Å². The summed E-state index contributed by atoms with van der Waals surface area (Å²) >= 11 is 0. The molecule has 1 heterocycles. The number of nitrogens with one attached hydrogen (secondary N) is 4. The maximum Gasteiger partial charge on any atom is 0.407 e. The van der Waals surface area contributed by atoms with Crippen LogP contribution in [0, 0.1) is 5.92 Å². The van der Waals surface area contributed by atoms with Crippen molar-refractivity contribution in [1.82, 2.24) is 21.3 Å². The lowest BCUT2D eigenvalue weighted by atomic mass is 9.73. The number of alkyl halides is 3. The first-order valence-corrected chi connectivity index (χ1v) is 10.7. The smallest absolute Gasteiger partial charge is 0.407 e. The van der Waals surface area contributed by atoms with Crippen molar-refractivity contribution in [3.05, 3.63) is 29.8 Å². The quantitative estimate of drug-likeness (QED) is 0.386. The van der Waals surface area contributed by atoms with Crippen LogP contribution >= 0.6 is 0 Å². The number of benzene rings is 1. The number of ether oxygens (including phenoxy) is 1. The Balaban J connectivity index is 2.12. The number of halogens is 3. The van der Waals surface area contributed by atoms with Crippen molar-refractivity contribution in [2.45, 2.75) is 45.0 Å². The molecule has 3 atom stereocenters. The molecule has 0 saturated carbocycles. The molecule has 1 aromatic rings. The molecule has 2 amide bonds. The van der Waals surface area contributed by atoms with Crippen LogP contribution in [0.15, 0.2) is 29.3 Å². The van der Waals surface area contributed by atoms with Gasteiger partial charge in [-0.3, -0.25) is 9.79 Å². The molecule has 1 radical (unpaired) electrons. The van der Waals surface area contributed by atoms with E-state index in [9.17, 15) is 22.8 Å². The van der Waals surface area contributed by atoms with E-state index >= 15 is 0 Å². The number of amides is 2. The second-order valence-corrected chi connectivity index (χ2v) is 8.04. The highest BCUT2D eigenvalue weighted by molar-refractivity contribution is 6.51. The summed E-state index contributed by atoms with van der Waals surface area (Å²) in [6.07, 6.45) is -5.17. The molecule has 12 heteroatoms. The van der Waals surface area contributed by atoms with Crippen LogP contribution in [-0.2, 0) is 9.53 Å².